The second kappa shape index (κ2) is 5.69. The van der Waals surface area contributed by atoms with Gasteiger partial charge in [0.1, 0.15) is 5.60 Å². The third kappa shape index (κ3) is 4.16. The Kier molecular flexibility index (Phi) is 4.77. The highest BCUT2D eigenvalue weighted by atomic mass is 16.6. The third-order valence-corrected chi connectivity index (χ3v) is 2.95. The van der Waals surface area contributed by atoms with Gasteiger partial charge in [-0.05, 0) is 33.7 Å². The van der Waals surface area contributed by atoms with Gasteiger partial charge >= 0.3 is 6.09 Å². The summed E-state index contributed by atoms with van der Waals surface area (Å²) in [5, 5.41) is 0. The monoisotopic (exact) mass is 244 g/mol. The van der Waals surface area contributed by atoms with Gasteiger partial charge in [0.2, 0.25) is 0 Å². The van der Waals surface area contributed by atoms with Crippen LogP contribution in [0.3, 0.4) is 0 Å². The third-order valence-electron chi connectivity index (χ3n) is 2.95. The molecule has 17 heavy (non-hydrogen) atoms. The largest absolute Gasteiger partial charge is 0.444 e. The lowest BCUT2D eigenvalue weighted by Gasteiger charge is -2.37. The molecule has 5 heteroatoms. The first-order valence-electron chi connectivity index (χ1n) is 6.08. The summed E-state index contributed by atoms with van der Waals surface area (Å²) < 4.78 is 10.7. The number of methoxy groups -OCH3 is 1. The number of carbonyl (C=O) groups excluding carboxylic acids is 1. The summed E-state index contributed by atoms with van der Waals surface area (Å²) >= 11 is 0. The summed E-state index contributed by atoms with van der Waals surface area (Å²) in [4.78, 5) is 13.6. The molecule has 2 N–H and O–H groups in total. The van der Waals surface area contributed by atoms with Gasteiger partial charge in [-0.2, -0.15) is 0 Å². The molecule has 1 rings (SSSR count). The number of nitrogens with zero attached hydrogens (tertiary/aromatic N) is 1. The first-order valence-corrected chi connectivity index (χ1v) is 6.08. The van der Waals surface area contributed by atoms with Crippen LogP contribution < -0.4 is 5.73 Å². The zero-order chi connectivity index (χ0) is 13.1. The fourth-order valence-corrected chi connectivity index (χ4v) is 1.99. The molecular formula is C12H24N2O3. The Labute approximate surface area is 103 Å². The lowest BCUT2D eigenvalue weighted by atomic mass is 9.94. The van der Waals surface area contributed by atoms with E-state index >= 15 is 0 Å². The number of likely N-dealkylation sites (tertiary alicyclic amines) is 1. The van der Waals surface area contributed by atoms with Crippen molar-refractivity contribution in [1.82, 2.24) is 4.90 Å². The van der Waals surface area contributed by atoms with Gasteiger partial charge < -0.3 is 20.1 Å². The summed E-state index contributed by atoms with van der Waals surface area (Å²) in [6.45, 7) is 7.45. The maximum absolute atomic E-state index is 11.9. The number of amides is 1. The normalized spacial score (nSPS) is 25.8. The van der Waals surface area contributed by atoms with E-state index in [1.807, 2.05) is 20.8 Å². The molecule has 0 spiro atoms. The van der Waals surface area contributed by atoms with Crippen LogP contribution in [0.4, 0.5) is 4.79 Å². The van der Waals surface area contributed by atoms with Crippen molar-refractivity contribution < 1.29 is 14.3 Å². The minimum atomic E-state index is -0.454. The summed E-state index contributed by atoms with van der Waals surface area (Å²) in [6.07, 6.45) is 0.616. The lowest BCUT2D eigenvalue weighted by Crippen LogP contribution is -2.50. The van der Waals surface area contributed by atoms with Crippen LogP contribution in [0.25, 0.3) is 0 Å². The molecule has 1 saturated heterocycles. The van der Waals surface area contributed by atoms with E-state index in [1.165, 1.54) is 0 Å². The number of nitrogens with two attached hydrogens (primary N) is 1. The number of hydrogen-bond donors (Lipinski definition) is 1. The SMILES string of the molecule is COC1CN(C(=O)OC(C)(C)C)CC[C@H]1CN. The van der Waals surface area contributed by atoms with E-state index in [0.29, 0.717) is 25.6 Å². The fraction of sp³-hybridized carbons (Fsp3) is 0.917. The minimum Gasteiger partial charge on any atom is -0.444 e. The van der Waals surface area contributed by atoms with Crippen LogP contribution in [0, 0.1) is 5.92 Å². The average molecular weight is 244 g/mol. The van der Waals surface area contributed by atoms with Gasteiger partial charge in [-0.3, -0.25) is 0 Å². The predicted molar refractivity (Wildman–Crippen MR) is 65.8 cm³/mol. The highest BCUT2D eigenvalue weighted by Crippen LogP contribution is 2.21. The van der Waals surface area contributed by atoms with E-state index in [9.17, 15) is 4.79 Å². The molecule has 0 bridgehead atoms. The van der Waals surface area contributed by atoms with E-state index < -0.39 is 5.60 Å². The molecule has 0 aromatic rings. The predicted octanol–water partition coefficient (Wildman–Crippen LogP) is 1.22. The van der Waals surface area contributed by atoms with Crippen LogP contribution in [-0.2, 0) is 9.47 Å². The first kappa shape index (κ1) is 14.3. The van der Waals surface area contributed by atoms with E-state index in [1.54, 1.807) is 12.0 Å². The van der Waals surface area contributed by atoms with Crippen LogP contribution in [-0.4, -0.2) is 49.4 Å². The highest BCUT2D eigenvalue weighted by molar-refractivity contribution is 5.68. The molecule has 5 nitrogen and oxygen atoms in total. The second-order valence-electron chi connectivity index (χ2n) is 5.48. The minimum absolute atomic E-state index is 0.0151. The van der Waals surface area contributed by atoms with Gasteiger partial charge in [-0.15, -0.1) is 0 Å². The zero-order valence-corrected chi connectivity index (χ0v) is 11.2. The Morgan fingerprint density at radius 3 is 2.59 bits per heavy atom. The zero-order valence-electron chi connectivity index (χ0n) is 11.2. The topological polar surface area (TPSA) is 64.8 Å². The Balaban J connectivity index is 2.54. The maximum atomic E-state index is 11.9. The van der Waals surface area contributed by atoms with Crippen molar-refractivity contribution in [3.05, 3.63) is 0 Å². The average Bonchev–Trinajstić information content (AvgIpc) is 2.25. The van der Waals surface area contributed by atoms with Crippen molar-refractivity contribution in [2.75, 3.05) is 26.7 Å². The number of piperidine rings is 1. The van der Waals surface area contributed by atoms with Crippen molar-refractivity contribution in [3.8, 4) is 0 Å². The van der Waals surface area contributed by atoms with Gasteiger partial charge in [0.25, 0.3) is 0 Å². The fourth-order valence-electron chi connectivity index (χ4n) is 1.99. The van der Waals surface area contributed by atoms with Crippen LogP contribution >= 0.6 is 0 Å². The Bertz CT molecular complexity index is 263. The number of ether oxygens (including phenoxy) is 2. The molecule has 1 fully saturated rings. The summed E-state index contributed by atoms with van der Waals surface area (Å²) in [6, 6.07) is 0. The molecular weight excluding hydrogens is 220 g/mol. The van der Waals surface area contributed by atoms with Gasteiger partial charge in [-0.1, -0.05) is 0 Å². The summed E-state index contributed by atoms with van der Waals surface area (Å²) in [5.74, 6) is 0.332. The molecule has 1 heterocycles. The molecule has 1 unspecified atom stereocenters. The Morgan fingerprint density at radius 2 is 2.12 bits per heavy atom. The molecule has 0 aromatic carbocycles. The van der Waals surface area contributed by atoms with Gasteiger partial charge in [0, 0.05) is 19.6 Å². The second-order valence-corrected chi connectivity index (χ2v) is 5.48. The van der Waals surface area contributed by atoms with Crippen molar-refractivity contribution in [1.29, 1.82) is 0 Å². The Morgan fingerprint density at radius 1 is 1.47 bits per heavy atom. The van der Waals surface area contributed by atoms with Crippen LogP contribution in [0.1, 0.15) is 27.2 Å². The highest BCUT2D eigenvalue weighted by Gasteiger charge is 2.32. The van der Waals surface area contributed by atoms with Crippen molar-refractivity contribution in [2.24, 2.45) is 11.7 Å². The summed E-state index contributed by atoms with van der Waals surface area (Å²) in [7, 11) is 1.66. The lowest BCUT2D eigenvalue weighted by molar-refractivity contribution is -0.0266. The molecule has 100 valence electrons. The standard InChI is InChI=1S/C12H24N2O3/c1-12(2,3)17-11(15)14-6-5-9(7-13)10(8-14)16-4/h9-10H,5-8,13H2,1-4H3/t9-,10?/m0/s1. The van der Waals surface area contributed by atoms with Crippen LogP contribution in [0.5, 0.6) is 0 Å². The van der Waals surface area contributed by atoms with E-state index in [4.69, 9.17) is 15.2 Å². The van der Waals surface area contributed by atoms with E-state index in [-0.39, 0.29) is 12.2 Å². The van der Waals surface area contributed by atoms with Crippen LogP contribution in [0.15, 0.2) is 0 Å². The van der Waals surface area contributed by atoms with Crippen molar-refractivity contribution in [2.45, 2.75) is 38.9 Å². The Hall–Kier alpha value is -0.810. The molecule has 0 saturated carbocycles. The summed E-state index contributed by atoms with van der Waals surface area (Å²) in [5.41, 5.74) is 5.22. The molecule has 0 aromatic heterocycles. The smallest absolute Gasteiger partial charge is 0.410 e. The van der Waals surface area contributed by atoms with Crippen LogP contribution in [0.2, 0.25) is 0 Å². The van der Waals surface area contributed by atoms with Crippen molar-refractivity contribution in [3.63, 3.8) is 0 Å². The van der Waals surface area contributed by atoms with Crippen molar-refractivity contribution >= 4 is 6.09 Å². The first-order chi connectivity index (χ1) is 7.87. The maximum Gasteiger partial charge on any atom is 0.410 e. The molecule has 0 aliphatic carbocycles. The molecule has 1 amide bonds. The quantitative estimate of drug-likeness (QED) is 0.793. The number of hydrogen-bond acceptors (Lipinski definition) is 4. The number of rotatable bonds is 2. The van der Waals surface area contributed by atoms with Gasteiger partial charge in [0.15, 0.2) is 0 Å². The molecule has 2 atom stereocenters. The molecule has 0 radical (unpaired) electrons. The van der Waals surface area contributed by atoms with Gasteiger partial charge in [0.05, 0.1) is 12.6 Å². The molecule has 1 aliphatic heterocycles. The van der Waals surface area contributed by atoms with E-state index in [0.717, 1.165) is 6.42 Å². The molecule has 1 aliphatic rings. The van der Waals surface area contributed by atoms with Gasteiger partial charge in [-0.25, -0.2) is 4.79 Å². The van der Waals surface area contributed by atoms with E-state index in [2.05, 4.69) is 0 Å². The number of carbonyl (C=O) groups is 1.